The minimum atomic E-state index is -0.187. The van der Waals surface area contributed by atoms with E-state index >= 15 is 0 Å². The van der Waals surface area contributed by atoms with E-state index in [4.69, 9.17) is 0 Å². The molecular weight excluding hydrogens is 304 g/mol. The zero-order valence-corrected chi connectivity index (χ0v) is 16.0. The van der Waals surface area contributed by atoms with Gasteiger partial charge in [-0.05, 0) is 26.0 Å². The third-order valence-corrected chi connectivity index (χ3v) is 3.56. The summed E-state index contributed by atoms with van der Waals surface area (Å²) in [7, 11) is 0. The number of carbonyl (C=O) groups excluding carboxylic acids is 2. The molecule has 21 heavy (non-hydrogen) atoms. The number of allylic oxidation sites excluding steroid dienone is 4. The average molecular weight is 332 g/mol. The summed E-state index contributed by atoms with van der Waals surface area (Å²) in [5.74, 6) is -0.750. The van der Waals surface area contributed by atoms with Crippen molar-refractivity contribution in [2.24, 2.45) is 0 Å². The van der Waals surface area contributed by atoms with E-state index in [-0.39, 0.29) is 23.1 Å². The van der Waals surface area contributed by atoms with Crippen molar-refractivity contribution in [3.63, 3.8) is 0 Å². The Kier molecular flexibility index (Phi) is 18.6. The van der Waals surface area contributed by atoms with Crippen LogP contribution in [-0.2, 0) is 28.7 Å². The molecular formula is C16H28O4Ti. The van der Waals surface area contributed by atoms with Gasteiger partial charge in [0.2, 0.25) is 0 Å². The Labute approximate surface area is 138 Å². The molecule has 0 unspecified atom stereocenters. The van der Waals surface area contributed by atoms with Crippen LogP contribution in [0.3, 0.4) is 0 Å². The fourth-order valence-corrected chi connectivity index (χ4v) is 3.32. The molecule has 4 nitrogen and oxygen atoms in total. The van der Waals surface area contributed by atoms with Crippen LogP contribution >= 0.6 is 0 Å². The van der Waals surface area contributed by atoms with Crippen molar-refractivity contribution < 1.29 is 39.0 Å². The molecule has 0 bridgehead atoms. The summed E-state index contributed by atoms with van der Waals surface area (Å²) in [6, 6.07) is 0. The molecule has 0 N–H and O–H groups in total. The maximum atomic E-state index is 9.98. The molecule has 0 rings (SSSR count). The Hall–Kier alpha value is -0.866. The van der Waals surface area contributed by atoms with Gasteiger partial charge < -0.3 is 10.2 Å². The predicted molar refractivity (Wildman–Crippen MR) is 79.1 cm³/mol. The molecule has 0 heterocycles. The van der Waals surface area contributed by atoms with Crippen LogP contribution in [0.5, 0.6) is 0 Å². The number of carbonyl (C=O) groups is 2. The molecule has 0 aliphatic carbocycles. The summed E-state index contributed by atoms with van der Waals surface area (Å²) in [6.45, 7) is 14.7. The number of ketones is 2. The summed E-state index contributed by atoms with van der Waals surface area (Å²) in [4.78, 5) is 20.0. The van der Waals surface area contributed by atoms with E-state index in [0.29, 0.717) is 19.2 Å². The first kappa shape index (κ1) is 25.1. The van der Waals surface area contributed by atoms with Crippen molar-refractivity contribution in [2.45, 2.75) is 63.8 Å². The third kappa shape index (κ3) is 45.3. The number of hydrogen-bond acceptors (Lipinski definition) is 4. The van der Waals surface area contributed by atoms with Crippen molar-refractivity contribution >= 4 is 11.6 Å². The van der Waals surface area contributed by atoms with Gasteiger partial charge in [-0.15, -0.1) is 11.5 Å². The van der Waals surface area contributed by atoms with Crippen molar-refractivity contribution in [1.29, 1.82) is 0 Å². The van der Waals surface area contributed by atoms with Crippen LogP contribution in [0.25, 0.3) is 0 Å². The summed E-state index contributed by atoms with van der Waals surface area (Å²) < 4.78 is 2.00. The van der Waals surface area contributed by atoms with E-state index in [1.54, 1.807) is 0 Å². The van der Waals surface area contributed by atoms with Gasteiger partial charge in [-0.25, -0.2) is 0 Å². The summed E-state index contributed by atoms with van der Waals surface area (Å²) in [6.07, 6.45) is 2.11. The van der Waals surface area contributed by atoms with E-state index in [0.717, 1.165) is 20.6 Å². The van der Waals surface area contributed by atoms with Gasteiger partial charge in [-0.1, -0.05) is 13.8 Å². The van der Waals surface area contributed by atoms with Crippen LogP contribution in [0.15, 0.2) is 23.7 Å². The standard InChI is InChI=1S/2C5H8O2.2C3H7.Ti/c2*1-4(6)3-5(2)7;2*1-3-2;/h2*3,6H,1-2H3;2*3H,1-2H3;/q;;;;+2/p-2/b2*4-3-;;;. The molecule has 0 aromatic heterocycles. The molecule has 0 saturated heterocycles. The Bertz CT molecular complexity index is 313. The van der Waals surface area contributed by atoms with Crippen LogP contribution in [0.1, 0.15) is 55.4 Å². The fourth-order valence-electron chi connectivity index (χ4n) is 1.24. The molecule has 0 aromatic carbocycles. The fraction of sp³-hybridized carbons (Fsp3) is 0.625. The van der Waals surface area contributed by atoms with E-state index < -0.39 is 0 Å². The molecule has 0 atom stereocenters. The molecule has 0 aliphatic rings. The topological polar surface area (TPSA) is 80.3 Å². The zero-order valence-electron chi connectivity index (χ0n) is 14.4. The molecule has 0 aromatic rings. The molecule has 0 saturated carbocycles. The van der Waals surface area contributed by atoms with Gasteiger partial charge in [0.05, 0.1) is 0 Å². The average Bonchev–Trinajstić information content (AvgIpc) is 2.10. The summed E-state index contributed by atoms with van der Waals surface area (Å²) in [5, 5.41) is 20.0. The van der Waals surface area contributed by atoms with Crippen molar-refractivity contribution in [2.75, 3.05) is 0 Å². The Morgan fingerprint density at radius 3 is 1.00 bits per heavy atom. The van der Waals surface area contributed by atoms with Gasteiger partial charge in [0.1, 0.15) is 0 Å². The van der Waals surface area contributed by atoms with Gasteiger partial charge in [-0.2, -0.15) is 0 Å². The molecule has 0 aliphatic heterocycles. The van der Waals surface area contributed by atoms with Crippen molar-refractivity contribution in [1.82, 2.24) is 0 Å². The quantitative estimate of drug-likeness (QED) is 0.450. The first-order chi connectivity index (χ1) is 9.38. The Balaban J connectivity index is -0.000000231. The SMILES string of the molecule is CC(=O)/C=C(/C)[O-].CC(=O)/C=C(/C)[O-].C[CH](C)[Ti+2][CH](C)C. The second-order valence-corrected chi connectivity index (χ2v) is 9.33. The first-order valence-electron chi connectivity index (χ1n) is 6.86. The molecule has 0 radical (unpaired) electrons. The molecule has 0 fully saturated rings. The van der Waals surface area contributed by atoms with Crippen LogP contribution in [0, 0.1) is 0 Å². The van der Waals surface area contributed by atoms with Gasteiger partial charge in [0.25, 0.3) is 0 Å². The molecule has 5 heteroatoms. The molecule has 0 spiro atoms. The van der Waals surface area contributed by atoms with E-state index in [1.165, 1.54) is 27.7 Å². The normalized spacial score (nSPS) is 11.0. The van der Waals surface area contributed by atoms with Gasteiger partial charge in [0.15, 0.2) is 11.6 Å². The summed E-state index contributed by atoms with van der Waals surface area (Å²) in [5.41, 5.74) is 0. The van der Waals surface area contributed by atoms with Crippen LogP contribution in [-0.4, -0.2) is 11.6 Å². The van der Waals surface area contributed by atoms with Crippen LogP contribution < -0.4 is 10.2 Å². The Morgan fingerprint density at radius 2 is 1.00 bits per heavy atom. The second-order valence-electron chi connectivity index (χ2n) is 5.21. The minimum absolute atomic E-state index is 0.187. The zero-order chi connectivity index (χ0) is 17.6. The van der Waals surface area contributed by atoms with Gasteiger partial charge in [-0.3, -0.25) is 9.59 Å². The predicted octanol–water partition coefficient (Wildman–Crippen LogP) is 2.40. The third-order valence-electron chi connectivity index (χ3n) is 1.48. The monoisotopic (exact) mass is 332 g/mol. The number of hydrogen-bond donors (Lipinski definition) is 0. The second kappa shape index (κ2) is 15.5. The van der Waals surface area contributed by atoms with Crippen LogP contribution in [0.4, 0.5) is 0 Å². The Morgan fingerprint density at radius 1 is 0.762 bits per heavy atom. The van der Waals surface area contributed by atoms with Crippen molar-refractivity contribution in [3.05, 3.63) is 23.7 Å². The number of rotatable bonds is 4. The molecule has 0 amide bonds. The summed E-state index contributed by atoms with van der Waals surface area (Å²) >= 11 is 0.389. The van der Waals surface area contributed by atoms with Gasteiger partial charge >= 0.3 is 55.3 Å². The molecule has 120 valence electrons. The van der Waals surface area contributed by atoms with Crippen LogP contribution in [0.2, 0.25) is 8.45 Å². The maximum absolute atomic E-state index is 9.98. The van der Waals surface area contributed by atoms with Crippen molar-refractivity contribution in [3.8, 4) is 0 Å². The van der Waals surface area contributed by atoms with E-state index in [9.17, 15) is 19.8 Å². The van der Waals surface area contributed by atoms with E-state index in [1.807, 2.05) is 0 Å². The van der Waals surface area contributed by atoms with E-state index in [2.05, 4.69) is 27.7 Å². The first-order valence-corrected chi connectivity index (χ1v) is 8.66. The van der Waals surface area contributed by atoms with Gasteiger partial charge in [0, 0.05) is 0 Å².